The molecule has 50 heavy (non-hydrogen) atoms. The monoisotopic (exact) mass is 641 g/mol. The standard InChI is InChI=1S/C47H35N3/c48-31-32-17-26-40-42(29-32)47(27-8-3-9-28-47)41-16-10-15-39(45(40)41)35-20-24-37(25-21-35)44-30-43(49-46(50-44)38-13-6-2-7-14-38)36-22-18-34(19-23-36)33-11-4-1-5-12-33/h1-2,4-7,10-26,29-30H,3,8-9,27-28H2. The maximum Gasteiger partial charge on any atom is 0.160 e. The fourth-order valence-corrected chi connectivity index (χ4v) is 8.29. The Labute approximate surface area is 293 Å². The lowest BCUT2D eigenvalue weighted by molar-refractivity contribution is 0.353. The summed E-state index contributed by atoms with van der Waals surface area (Å²) in [5.74, 6) is 0.710. The van der Waals surface area contributed by atoms with Gasteiger partial charge in [0.15, 0.2) is 5.82 Å². The summed E-state index contributed by atoms with van der Waals surface area (Å²) in [7, 11) is 0. The first kappa shape index (κ1) is 30.0. The number of hydrogen-bond acceptors (Lipinski definition) is 3. The minimum Gasteiger partial charge on any atom is -0.228 e. The maximum absolute atomic E-state index is 9.78. The normalized spacial score (nSPS) is 14.1. The molecule has 0 aliphatic heterocycles. The molecule has 2 aliphatic carbocycles. The van der Waals surface area contributed by atoms with E-state index in [2.05, 4.69) is 127 Å². The van der Waals surface area contributed by atoms with Crippen LogP contribution in [0.3, 0.4) is 0 Å². The van der Waals surface area contributed by atoms with Gasteiger partial charge in [-0.2, -0.15) is 5.26 Å². The summed E-state index contributed by atoms with van der Waals surface area (Å²) in [6.07, 6.45) is 5.99. The quantitative estimate of drug-likeness (QED) is 0.188. The molecule has 3 heteroatoms. The van der Waals surface area contributed by atoms with E-state index in [1.54, 1.807) is 0 Å². The summed E-state index contributed by atoms with van der Waals surface area (Å²) < 4.78 is 0. The maximum atomic E-state index is 9.78. The van der Waals surface area contributed by atoms with Gasteiger partial charge in [-0.3, -0.25) is 0 Å². The molecule has 0 N–H and O–H groups in total. The molecule has 1 fully saturated rings. The van der Waals surface area contributed by atoms with Gasteiger partial charge in [-0.05, 0) is 75.5 Å². The third kappa shape index (κ3) is 5.13. The van der Waals surface area contributed by atoms with Crippen LogP contribution in [0.1, 0.15) is 48.8 Å². The number of aromatic nitrogens is 2. The van der Waals surface area contributed by atoms with Crippen molar-refractivity contribution in [3.8, 4) is 73.4 Å². The van der Waals surface area contributed by atoms with Gasteiger partial charge in [0.1, 0.15) is 0 Å². The first-order valence-corrected chi connectivity index (χ1v) is 17.6. The molecule has 9 rings (SSSR count). The fourth-order valence-electron chi connectivity index (χ4n) is 8.29. The number of benzene rings is 6. The van der Waals surface area contributed by atoms with Crippen LogP contribution >= 0.6 is 0 Å². The van der Waals surface area contributed by atoms with E-state index in [-0.39, 0.29) is 5.41 Å². The predicted molar refractivity (Wildman–Crippen MR) is 203 cm³/mol. The highest BCUT2D eigenvalue weighted by Crippen LogP contribution is 2.58. The van der Waals surface area contributed by atoms with Gasteiger partial charge < -0.3 is 0 Å². The van der Waals surface area contributed by atoms with Gasteiger partial charge in [-0.15, -0.1) is 0 Å². The Balaban J connectivity index is 1.12. The second kappa shape index (κ2) is 12.4. The van der Waals surface area contributed by atoms with Crippen LogP contribution in [-0.4, -0.2) is 9.97 Å². The average Bonchev–Trinajstić information content (AvgIpc) is 3.46. The van der Waals surface area contributed by atoms with E-state index in [4.69, 9.17) is 9.97 Å². The van der Waals surface area contributed by atoms with Crippen LogP contribution in [0.5, 0.6) is 0 Å². The van der Waals surface area contributed by atoms with Crippen molar-refractivity contribution in [1.82, 2.24) is 9.97 Å². The molecule has 238 valence electrons. The second-order valence-corrected chi connectivity index (χ2v) is 13.6. The van der Waals surface area contributed by atoms with E-state index in [1.807, 2.05) is 30.3 Å². The lowest BCUT2D eigenvalue weighted by atomic mass is 9.67. The minimum atomic E-state index is -0.00375. The summed E-state index contributed by atoms with van der Waals surface area (Å²) >= 11 is 0. The van der Waals surface area contributed by atoms with Crippen LogP contribution in [0, 0.1) is 11.3 Å². The summed E-state index contributed by atoms with van der Waals surface area (Å²) in [6.45, 7) is 0. The van der Waals surface area contributed by atoms with Crippen molar-refractivity contribution in [3.63, 3.8) is 0 Å². The summed E-state index contributed by atoms with van der Waals surface area (Å²) in [5.41, 5.74) is 15.8. The molecule has 0 unspecified atom stereocenters. The minimum absolute atomic E-state index is 0.00375. The van der Waals surface area contributed by atoms with Gasteiger partial charge >= 0.3 is 0 Å². The topological polar surface area (TPSA) is 49.6 Å². The molecule has 0 radical (unpaired) electrons. The van der Waals surface area contributed by atoms with Crippen LogP contribution in [0.4, 0.5) is 0 Å². The molecule has 0 atom stereocenters. The molecule has 2 aliphatic rings. The van der Waals surface area contributed by atoms with Crippen molar-refractivity contribution in [3.05, 3.63) is 168 Å². The molecule has 7 aromatic rings. The van der Waals surface area contributed by atoms with Crippen molar-refractivity contribution in [2.75, 3.05) is 0 Å². The van der Waals surface area contributed by atoms with Gasteiger partial charge in [0, 0.05) is 22.1 Å². The highest BCUT2D eigenvalue weighted by molar-refractivity contribution is 5.93. The van der Waals surface area contributed by atoms with Gasteiger partial charge in [0.2, 0.25) is 0 Å². The molecule has 1 spiro atoms. The number of nitrogens with zero attached hydrogens (tertiary/aromatic N) is 3. The zero-order valence-electron chi connectivity index (χ0n) is 27.8. The zero-order chi connectivity index (χ0) is 33.5. The van der Waals surface area contributed by atoms with Crippen LogP contribution in [0.25, 0.3) is 67.3 Å². The Morgan fingerprint density at radius 2 is 1.04 bits per heavy atom. The zero-order valence-corrected chi connectivity index (χ0v) is 27.8. The number of rotatable bonds is 5. The Morgan fingerprint density at radius 1 is 0.460 bits per heavy atom. The Morgan fingerprint density at radius 3 is 1.68 bits per heavy atom. The van der Waals surface area contributed by atoms with E-state index in [0.29, 0.717) is 5.82 Å². The largest absolute Gasteiger partial charge is 0.228 e. The second-order valence-electron chi connectivity index (χ2n) is 13.6. The molecule has 0 saturated heterocycles. The third-order valence-corrected chi connectivity index (χ3v) is 10.8. The van der Waals surface area contributed by atoms with E-state index in [9.17, 15) is 5.26 Å². The van der Waals surface area contributed by atoms with Crippen LogP contribution in [0.15, 0.2) is 152 Å². The van der Waals surface area contributed by atoms with Crippen LogP contribution in [-0.2, 0) is 5.41 Å². The summed E-state index contributed by atoms with van der Waals surface area (Å²) in [5, 5.41) is 9.78. The van der Waals surface area contributed by atoms with Gasteiger partial charge in [0.25, 0.3) is 0 Å². The summed E-state index contributed by atoms with van der Waals surface area (Å²) in [4.78, 5) is 10.1. The Hall–Kier alpha value is -6.11. The van der Waals surface area contributed by atoms with Crippen molar-refractivity contribution >= 4 is 0 Å². The molecule has 0 amide bonds. The molecule has 1 aromatic heterocycles. The molecule has 6 aromatic carbocycles. The van der Waals surface area contributed by atoms with E-state index >= 15 is 0 Å². The van der Waals surface area contributed by atoms with E-state index in [0.717, 1.165) is 46.5 Å². The molecular weight excluding hydrogens is 607 g/mol. The molecule has 3 nitrogen and oxygen atoms in total. The Bertz CT molecular complexity index is 2380. The van der Waals surface area contributed by atoms with Crippen molar-refractivity contribution in [2.24, 2.45) is 0 Å². The molecular formula is C47H35N3. The van der Waals surface area contributed by atoms with Gasteiger partial charge in [-0.25, -0.2) is 9.97 Å². The number of nitriles is 1. The molecule has 1 heterocycles. The smallest absolute Gasteiger partial charge is 0.160 e. The predicted octanol–water partition coefficient (Wildman–Crippen LogP) is 11.9. The van der Waals surface area contributed by atoms with Crippen LogP contribution < -0.4 is 0 Å². The lowest BCUT2D eigenvalue weighted by Crippen LogP contribution is -2.28. The van der Waals surface area contributed by atoms with Gasteiger partial charge in [-0.1, -0.05) is 153 Å². The SMILES string of the molecule is N#Cc1ccc2c(c1)C1(CCCCC1)c1cccc(-c3ccc(-c4cc(-c5ccc(-c6ccccc6)cc5)nc(-c5ccccc5)n4)cc3)c1-2. The third-order valence-electron chi connectivity index (χ3n) is 10.8. The number of hydrogen-bond donors (Lipinski definition) is 0. The summed E-state index contributed by atoms with van der Waals surface area (Å²) in [6, 6.07) is 55.8. The van der Waals surface area contributed by atoms with Crippen molar-refractivity contribution in [2.45, 2.75) is 37.5 Å². The first-order valence-electron chi connectivity index (χ1n) is 17.6. The average molecular weight is 642 g/mol. The van der Waals surface area contributed by atoms with Crippen LogP contribution in [0.2, 0.25) is 0 Å². The van der Waals surface area contributed by atoms with Gasteiger partial charge in [0.05, 0.1) is 23.0 Å². The van der Waals surface area contributed by atoms with Crippen molar-refractivity contribution < 1.29 is 0 Å². The molecule has 0 bridgehead atoms. The fraction of sp³-hybridized carbons (Fsp3) is 0.128. The highest BCUT2D eigenvalue weighted by atomic mass is 14.9. The number of fused-ring (bicyclic) bond motifs is 5. The Kier molecular flexibility index (Phi) is 7.44. The lowest BCUT2D eigenvalue weighted by Gasteiger charge is -2.36. The molecule has 1 saturated carbocycles. The highest BCUT2D eigenvalue weighted by Gasteiger charge is 2.44. The van der Waals surface area contributed by atoms with Crippen molar-refractivity contribution in [1.29, 1.82) is 5.26 Å². The van der Waals surface area contributed by atoms with E-state index in [1.165, 1.54) is 63.8 Å². The first-order chi connectivity index (χ1) is 24.7. The van der Waals surface area contributed by atoms with E-state index < -0.39 is 0 Å².